The van der Waals surface area contributed by atoms with Crippen LogP contribution in [0.25, 0.3) is 0 Å². The molecule has 1 aliphatic heterocycles. The van der Waals surface area contributed by atoms with Gasteiger partial charge in [0.25, 0.3) is 0 Å². The third-order valence-electron chi connectivity index (χ3n) is 5.35. The molecule has 3 aromatic rings. The van der Waals surface area contributed by atoms with E-state index < -0.39 is 0 Å². The van der Waals surface area contributed by atoms with Crippen molar-refractivity contribution >= 4 is 0 Å². The number of phenolic OH excluding ortho intramolecular Hbond substituents is 1. The van der Waals surface area contributed by atoms with Crippen molar-refractivity contribution in [1.82, 2.24) is 19.9 Å². The van der Waals surface area contributed by atoms with Gasteiger partial charge in [0.15, 0.2) is 0 Å². The van der Waals surface area contributed by atoms with E-state index in [0.29, 0.717) is 12.3 Å². The zero-order valence-electron chi connectivity index (χ0n) is 16.1. The van der Waals surface area contributed by atoms with Gasteiger partial charge in [0.2, 0.25) is 0 Å². The van der Waals surface area contributed by atoms with Crippen molar-refractivity contribution in [2.24, 2.45) is 0 Å². The fourth-order valence-electron chi connectivity index (χ4n) is 3.95. The van der Waals surface area contributed by atoms with E-state index in [-0.39, 0.29) is 11.5 Å². The van der Waals surface area contributed by atoms with Crippen molar-refractivity contribution in [2.75, 3.05) is 6.54 Å². The van der Waals surface area contributed by atoms with Crippen LogP contribution in [0, 0.1) is 0 Å². The molecule has 1 atom stereocenters. The molecule has 2 N–H and O–H groups in total. The molecule has 2 aromatic heterocycles. The van der Waals surface area contributed by atoms with Crippen LogP contribution in [-0.2, 0) is 18.4 Å². The molecule has 5 heteroatoms. The zero-order chi connectivity index (χ0) is 19.0. The summed E-state index contributed by atoms with van der Waals surface area (Å²) < 4.78 is 0. The summed E-state index contributed by atoms with van der Waals surface area (Å²) in [4.78, 5) is 14.4. The van der Waals surface area contributed by atoms with Gasteiger partial charge in [-0.25, -0.2) is 4.98 Å². The molecule has 3 heterocycles. The second-order valence-corrected chi connectivity index (χ2v) is 8.23. The number of nitrogens with one attached hydrogen (secondary N) is 1. The van der Waals surface area contributed by atoms with Crippen molar-refractivity contribution < 1.29 is 5.11 Å². The first-order chi connectivity index (χ1) is 12.9. The number of hydrogen-bond acceptors (Lipinski definition) is 4. The Kier molecular flexibility index (Phi) is 4.48. The van der Waals surface area contributed by atoms with Crippen LogP contribution in [-0.4, -0.2) is 31.5 Å². The number of phenols is 1. The lowest BCUT2D eigenvalue weighted by Gasteiger charge is -2.35. The van der Waals surface area contributed by atoms with E-state index in [0.717, 1.165) is 29.8 Å². The van der Waals surface area contributed by atoms with Gasteiger partial charge >= 0.3 is 0 Å². The van der Waals surface area contributed by atoms with Crippen LogP contribution in [0.4, 0.5) is 0 Å². The summed E-state index contributed by atoms with van der Waals surface area (Å²) in [7, 11) is 0. The quantitative estimate of drug-likeness (QED) is 0.740. The zero-order valence-corrected chi connectivity index (χ0v) is 16.1. The number of para-hydroxylation sites is 1. The first-order valence-corrected chi connectivity index (χ1v) is 9.42. The average Bonchev–Trinajstić information content (AvgIpc) is 3.11. The van der Waals surface area contributed by atoms with E-state index >= 15 is 0 Å². The first kappa shape index (κ1) is 17.7. The summed E-state index contributed by atoms with van der Waals surface area (Å²) in [6.07, 6.45) is 6.36. The molecule has 4 rings (SSSR count). The lowest BCUT2D eigenvalue weighted by molar-refractivity contribution is 0.198. The normalized spacial score (nSPS) is 17.7. The second-order valence-electron chi connectivity index (χ2n) is 8.23. The molecule has 0 aliphatic carbocycles. The highest BCUT2D eigenvalue weighted by molar-refractivity contribution is 5.44. The predicted molar refractivity (Wildman–Crippen MR) is 106 cm³/mol. The van der Waals surface area contributed by atoms with Crippen LogP contribution in [0.5, 0.6) is 5.75 Å². The van der Waals surface area contributed by atoms with Crippen LogP contribution in [0.3, 0.4) is 0 Å². The number of aromatic amines is 1. The van der Waals surface area contributed by atoms with Crippen molar-refractivity contribution in [2.45, 2.75) is 45.2 Å². The Morgan fingerprint density at radius 2 is 1.96 bits per heavy atom. The van der Waals surface area contributed by atoms with Gasteiger partial charge < -0.3 is 10.1 Å². The fourth-order valence-corrected chi connectivity index (χ4v) is 3.95. The van der Waals surface area contributed by atoms with Gasteiger partial charge in [-0.05, 0) is 28.7 Å². The minimum absolute atomic E-state index is 0.0562. The molecule has 0 unspecified atom stereocenters. The summed E-state index contributed by atoms with van der Waals surface area (Å²) in [6.45, 7) is 7.96. The van der Waals surface area contributed by atoms with Crippen molar-refractivity contribution in [3.8, 4) is 5.75 Å². The number of H-pyrrole nitrogens is 1. The molecule has 1 aliphatic rings. The number of pyridine rings is 1. The number of rotatable bonds is 3. The smallest absolute Gasteiger partial charge is 0.123 e. The maximum Gasteiger partial charge on any atom is 0.123 e. The minimum atomic E-state index is -0.0954. The van der Waals surface area contributed by atoms with E-state index in [1.54, 1.807) is 6.33 Å². The largest absolute Gasteiger partial charge is 0.507 e. The predicted octanol–water partition coefficient (Wildman–Crippen LogP) is 3.96. The summed E-state index contributed by atoms with van der Waals surface area (Å²) in [5, 5.41) is 10.9. The van der Waals surface area contributed by atoms with Gasteiger partial charge in [-0.3, -0.25) is 9.88 Å². The van der Waals surface area contributed by atoms with E-state index in [4.69, 9.17) is 0 Å². The van der Waals surface area contributed by atoms with Gasteiger partial charge in [0.1, 0.15) is 5.75 Å². The molecule has 0 saturated carbocycles. The second kappa shape index (κ2) is 6.82. The molecule has 27 heavy (non-hydrogen) atoms. The van der Waals surface area contributed by atoms with Crippen LogP contribution < -0.4 is 0 Å². The first-order valence-electron chi connectivity index (χ1n) is 9.42. The lowest BCUT2D eigenvalue weighted by Crippen LogP contribution is -2.36. The maximum atomic E-state index is 10.9. The van der Waals surface area contributed by atoms with Crippen LogP contribution in [0.2, 0.25) is 0 Å². The van der Waals surface area contributed by atoms with Crippen LogP contribution in [0.15, 0.2) is 49.1 Å². The number of aromatic hydroxyl groups is 1. The third kappa shape index (κ3) is 3.35. The fraction of sp³-hybridized carbons (Fsp3) is 0.364. The molecule has 0 bridgehead atoms. The highest BCUT2D eigenvalue weighted by Gasteiger charge is 2.32. The summed E-state index contributed by atoms with van der Waals surface area (Å²) in [5.74, 6) is 0.409. The minimum Gasteiger partial charge on any atom is -0.507 e. The molecule has 0 saturated heterocycles. The summed E-state index contributed by atoms with van der Waals surface area (Å²) in [6, 6.07) is 10.2. The Balaban J connectivity index is 1.72. The Morgan fingerprint density at radius 1 is 1.19 bits per heavy atom. The monoisotopic (exact) mass is 362 g/mol. The van der Waals surface area contributed by atoms with Crippen LogP contribution in [0.1, 0.15) is 54.9 Å². The lowest BCUT2D eigenvalue weighted by atomic mass is 9.85. The molecule has 0 fully saturated rings. The number of imidazole rings is 1. The Hall–Kier alpha value is -2.66. The molecular weight excluding hydrogens is 336 g/mol. The average molecular weight is 362 g/mol. The Morgan fingerprint density at radius 3 is 2.70 bits per heavy atom. The van der Waals surface area contributed by atoms with Gasteiger partial charge in [0.05, 0.1) is 18.1 Å². The molecule has 0 spiro atoms. The van der Waals surface area contributed by atoms with Crippen molar-refractivity contribution in [3.63, 3.8) is 0 Å². The maximum absolute atomic E-state index is 10.9. The van der Waals surface area contributed by atoms with Crippen molar-refractivity contribution in [1.29, 1.82) is 0 Å². The topological polar surface area (TPSA) is 65.0 Å². The van der Waals surface area contributed by atoms with Gasteiger partial charge in [-0.1, -0.05) is 39.0 Å². The highest BCUT2D eigenvalue weighted by atomic mass is 16.3. The SMILES string of the molecule is CC(C)(C)c1cccc(CN2CCc3[nH]cnc3[C@H]2c2ccncc2)c1O. The molecular formula is C22H26N4O. The van der Waals surface area contributed by atoms with Gasteiger partial charge in [-0.15, -0.1) is 0 Å². The van der Waals surface area contributed by atoms with Gasteiger partial charge in [0, 0.05) is 43.2 Å². The van der Waals surface area contributed by atoms with E-state index in [1.807, 2.05) is 42.7 Å². The van der Waals surface area contributed by atoms with Crippen molar-refractivity contribution in [3.05, 3.63) is 77.1 Å². The number of nitrogens with zero attached hydrogens (tertiary/aromatic N) is 3. The molecule has 0 radical (unpaired) electrons. The summed E-state index contributed by atoms with van der Waals surface area (Å²) >= 11 is 0. The van der Waals surface area contributed by atoms with Crippen LogP contribution >= 0.6 is 0 Å². The Bertz CT molecular complexity index is 927. The number of aromatic nitrogens is 3. The van der Waals surface area contributed by atoms with E-state index in [1.165, 1.54) is 11.3 Å². The number of benzene rings is 1. The third-order valence-corrected chi connectivity index (χ3v) is 5.35. The standard InChI is InChI=1S/C22H26N4O/c1-22(2,3)17-6-4-5-16(21(17)27)13-26-12-9-18-19(25-14-24-18)20(26)15-7-10-23-11-8-15/h4-8,10-11,14,20,27H,9,12-13H2,1-3H3,(H,24,25)/t20-/m1/s1. The van der Waals surface area contributed by atoms with E-state index in [2.05, 4.69) is 40.6 Å². The molecule has 5 nitrogen and oxygen atoms in total. The molecule has 0 amide bonds. The van der Waals surface area contributed by atoms with Gasteiger partial charge in [-0.2, -0.15) is 0 Å². The molecule has 140 valence electrons. The number of fused-ring (bicyclic) bond motifs is 1. The molecule has 1 aromatic carbocycles. The number of hydrogen-bond donors (Lipinski definition) is 2. The highest BCUT2D eigenvalue weighted by Crippen LogP contribution is 2.37. The van der Waals surface area contributed by atoms with E-state index in [9.17, 15) is 5.11 Å². The summed E-state index contributed by atoms with van der Waals surface area (Å²) in [5.41, 5.74) is 5.28. The Labute approximate surface area is 160 Å².